The van der Waals surface area contributed by atoms with E-state index in [1.807, 2.05) is 12.1 Å². The highest BCUT2D eigenvalue weighted by atomic mass is 32.4. The lowest BCUT2D eigenvalue weighted by molar-refractivity contribution is 1.31. The molecule has 0 saturated heterocycles. The highest BCUT2D eigenvalue weighted by Gasteiger charge is 2.29. The number of para-hydroxylation sites is 3. The van der Waals surface area contributed by atoms with Gasteiger partial charge >= 0.3 is 0 Å². The van der Waals surface area contributed by atoms with Crippen LogP contribution >= 0.6 is 6.04 Å². The number of nitrogens with zero attached hydrogens (tertiary/aromatic N) is 3. The molecule has 0 N–H and O–H groups in total. The number of hydrogen-bond donors (Lipinski definition) is 0. The summed E-state index contributed by atoms with van der Waals surface area (Å²) in [5.41, 5.74) is 5.96. The first-order valence-corrected chi connectivity index (χ1v) is 15.8. The van der Waals surface area contributed by atoms with Gasteiger partial charge < -0.3 is 0 Å². The van der Waals surface area contributed by atoms with Gasteiger partial charge in [0.25, 0.3) is 0 Å². The van der Waals surface area contributed by atoms with E-state index < -0.39 is 6.04 Å². The molecule has 0 aliphatic carbocycles. The van der Waals surface area contributed by atoms with Gasteiger partial charge in [-0.2, -0.15) is 0 Å². The molecule has 0 atom stereocenters. The first-order valence-electron chi connectivity index (χ1n) is 13.0. The van der Waals surface area contributed by atoms with Crippen molar-refractivity contribution in [1.82, 2.24) is 14.4 Å². The Morgan fingerprint density at radius 1 is 0.564 bits per heavy atom. The van der Waals surface area contributed by atoms with Crippen LogP contribution < -0.4 is 15.9 Å². The molecule has 0 amide bonds. The highest BCUT2D eigenvalue weighted by Crippen LogP contribution is 2.46. The molecule has 5 aromatic carbocycles. The lowest BCUT2D eigenvalue weighted by atomic mass is 10.1. The number of aromatic nitrogens is 3. The topological polar surface area (TPSA) is 30.2 Å². The summed E-state index contributed by atoms with van der Waals surface area (Å²) in [6.07, 6.45) is 0. The Morgan fingerprint density at radius 2 is 1.18 bits per heavy atom. The zero-order valence-electron chi connectivity index (χ0n) is 20.9. The van der Waals surface area contributed by atoms with Crippen molar-refractivity contribution in [3.05, 3.63) is 133 Å². The van der Waals surface area contributed by atoms with Gasteiger partial charge in [0.2, 0.25) is 0 Å². The van der Waals surface area contributed by atoms with E-state index in [-0.39, 0.29) is 0 Å². The van der Waals surface area contributed by atoms with E-state index >= 15 is 0 Å². The van der Waals surface area contributed by atoms with Crippen LogP contribution in [-0.4, -0.2) is 14.4 Å². The monoisotopic (exact) mass is 535 g/mol. The van der Waals surface area contributed by atoms with E-state index in [0.29, 0.717) is 0 Å². The lowest BCUT2D eigenvalue weighted by Gasteiger charge is -2.26. The van der Waals surface area contributed by atoms with Crippen LogP contribution in [0.4, 0.5) is 0 Å². The second-order valence-corrected chi connectivity index (χ2v) is 14.2. The Balaban J connectivity index is 1.65. The molecular weight excluding hydrogens is 513 g/mol. The Morgan fingerprint density at radius 3 is 1.92 bits per heavy atom. The number of benzene rings is 5. The molecule has 0 saturated carbocycles. The summed E-state index contributed by atoms with van der Waals surface area (Å²) < 4.78 is 2.29. The molecule has 8 rings (SSSR count). The normalized spacial score (nSPS) is 12.2. The fraction of sp³-hybridized carbons (Fsp3) is 0. The molecule has 0 radical (unpaired) electrons. The number of fused-ring (bicyclic) bond motifs is 9. The van der Waals surface area contributed by atoms with Crippen molar-refractivity contribution >= 4 is 83.1 Å². The Bertz CT molecular complexity index is 2210. The zero-order valence-corrected chi connectivity index (χ0v) is 22.6. The number of hydrogen-bond acceptors (Lipinski definition) is 3. The molecule has 3 nitrogen and oxygen atoms in total. The standard InChI is InChI=1S/C34H22N3PS/c39-38(24-13-3-1-4-14-24,25-15-5-2-6-16-25)31-21-11-20-30-32(31)33-26(22-23-12-7-8-17-27(23)35-33)34-36-28-18-9-10-19-29(28)37(30)34/h1-22H. The molecule has 39 heavy (non-hydrogen) atoms. The summed E-state index contributed by atoms with van der Waals surface area (Å²) in [5, 5.41) is 6.73. The lowest BCUT2D eigenvalue weighted by Crippen LogP contribution is -2.25. The van der Waals surface area contributed by atoms with Crippen molar-refractivity contribution in [2.45, 2.75) is 0 Å². The fourth-order valence-corrected chi connectivity index (χ4v) is 9.91. The van der Waals surface area contributed by atoms with Crippen LogP contribution in [0.1, 0.15) is 0 Å². The molecule has 0 aliphatic heterocycles. The first-order chi connectivity index (χ1) is 19.2. The van der Waals surface area contributed by atoms with Crippen LogP contribution in [0, 0.1) is 0 Å². The van der Waals surface area contributed by atoms with Crippen LogP contribution in [0.5, 0.6) is 0 Å². The molecule has 8 aromatic rings. The first kappa shape index (κ1) is 22.6. The Labute approximate surface area is 230 Å². The minimum atomic E-state index is -2.45. The van der Waals surface area contributed by atoms with Gasteiger partial charge in [0.05, 0.1) is 27.6 Å². The van der Waals surface area contributed by atoms with Crippen LogP contribution in [0.15, 0.2) is 133 Å². The Hall–Kier alpha value is -4.37. The molecule has 184 valence electrons. The third-order valence-electron chi connectivity index (χ3n) is 7.60. The van der Waals surface area contributed by atoms with E-state index in [2.05, 4.69) is 126 Å². The number of rotatable bonds is 3. The van der Waals surface area contributed by atoms with Gasteiger partial charge in [0.1, 0.15) is 5.65 Å². The molecule has 5 heteroatoms. The summed E-state index contributed by atoms with van der Waals surface area (Å²) >= 11 is 6.84. The van der Waals surface area contributed by atoms with E-state index in [1.54, 1.807) is 0 Å². The van der Waals surface area contributed by atoms with Crippen molar-refractivity contribution in [2.75, 3.05) is 0 Å². The van der Waals surface area contributed by atoms with E-state index in [0.717, 1.165) is 54.7 Å². The maximum atomic E-state index is 6.84. The molecule has 0 fully saturated rings. The van der Waals surface area contributed by atoms with Crippen LogP contribution in [0.2, 0.25) is 0 Å². The summed E-state index contributed by atoms with van der Waals surface area (Å²) in [6, 6.07) is 44.2. The molecule has 0 spiro atoms. The van der Waals surface area contributed by atoms with Gasteiger partial charge in [-0.1, -0.05) is 115 Å². The minimum Gasteiger partial charge on any atom is -0.292 e. The van der Waals surface area contributed by atoms with Gasteiger partial charge in [-0.25, -0.2) is 9.97 Å². The van der Waals surface area contributed by atoms with Gasteiger partial charge in [-0.3, -0.25) is 4.40 Å². The smallest absolute Gasteiger partial charge is 0.147 e. The largest absolute Gasteiger partial charge is 0.292 e. The number of imidazole rings is 1. The summed E-state index contributed by atoms with van der Waals surface area (Å²) in [7, 11) is 0. The van der Waals surface area contributed by atoms with Crippen molar-refractivity contribution in [1.29, 1.82) is 0 Å². The zero-order chi connectivity index (χ0) is 26.0. The highest BCUT2D eigenvalue weighted by molar-refractivity contribution is 8.25. The summed E-state index contributed by atoms with van der Waals surface area (Å²) in [4.78, 5) is 10.4. The Kier molecular flexibility index (Phi) is 4.97. The maximum absolute atomic E-state index is 6.84. The average Bonchev–Trinajstić information content (AvgIpc) is 3.41. The number of pyridine rings is 2. The predicted octanol–water partition coefficient (Wildman–Crippen LogP) is 7.10. The quantitative estimate of drug-likeness (QED) is 0.137. The molecule has 0 aliphatic rings. The second kappa shape index (κ2) is 8.57. The predicted molar refractivity (Wildman–Crippen MR) is 169 cm³/mol. The molecular formula is C34H22N3PS. The van der Waals surface area contributed by atoms with Crippen molar-refractivity contribution in [3.63, 3.8) is 0 Å². The van der Waals surface area contributed by atoms with Crippen molar-refractivity contribution in [3.8, 4) is 0 Å². The van der Waals surface area contributed by atoms with E-state index in [4.69, 9.17) is 21.8 Å². The molecule has 3 aromatic heterocycles. The molecule has 0 bridgehead atoms. The third kappa shape index (κ3) is 3.26. The van der Waals surface area contributed by atoms with Gasteiger partial charge in [0, 0.05) is 27.5 Å². The molecule has 0 unspecified atom stereocenters. The van der Waals surface area contributed by atoms with Crippen LogP contribution in [0.3, 0.4) is 0 Å². The fourth-order valence-electron chi connectivity index (χ4n) is 5.85. The SMILES string of the molecule is S=P(c1ccccc1)(c1ccccc1)c1cccc2c1c1nc3ccccc3cc1c1nc3ccccc3n21. The second-order valence-electron chi connectivity index (χ2n) is 9.79. The van der Waals surface area contributed by atoms with Crippen LogP contribution in [0.25, 0.3) is 49.4 Å². The van der Waals surface area contributed by atoms with Gasteiger partial charge in [-0.05, 0) is 40.9 Å². The van der Waals surface area contributed by atoms with E-state index in [1.165, 1.54) is 10.6 Å². The van der Waals surface area contributed by atoms with Gasteiger partial charge in [-0.15, -0.1) is 0 Å². The molecule has 3 heterocycles. The van der Waals surface area contributed by atoms with E-state index in [9.17, 15) is 0 Å². The van der Waals surface area contributed by atoms with Gasteiger partial charge in [0.15, 0.2) is 0 Å². The minimum absolute atomic E-state index is 0.918. The van der Waals surface area contributed by atoms with Crippen molar-refractivity contribution < 1.29 is 0 Å². The van der Waals surface area contributed by atoms with Crippen molar-refractivity contribution in [2.24, 2.45) is 0 Å². The summed E-state index contributed by atoms with van der Waals surface area (Å²) in [6.45, 7) is 0. The van der Waals surface area contributed by atoms with Crippen LogP contribution in [-0.2, 0) is 11.8 Å². The third-order valence-corrected chi connectivity index (χ3v) is 12.6. The summed E-state index contributed by atoms with van der Waals surface area (Å²) in [5.74, 6) is 0. The average molecular weight is 536 g/mol. The maximum Gasteiger partial charge on any atom is 0.147 e.